The second-order valence-electron chi connectivity index (χ2n) is 7.04. The number of ether oxygens (including phenoxy) is 2. The van der Waals surface area contributed by atoms with Crippen molar-refractivity contribution in [2.75, 3.05) is 53.6 Å². The lowest BCUT2D eigenvalue weighted by molar-refractivity contribution is 0.0176. The van der Waals surface area contributed by atoms with Gasteiger partial charge in [-0.25, -0.2) is 0 Å². The van der Waals surface area contributed by atoms with Crippen molar-refractivity contribution in [3.05, 3.63) is 52.2 Å². The van der Waals surface area contributed by atoms with E-state index in [1.54, 1.807) is 0 Å². The van der Waals surface area contributed by atoms with Gasteiger partial charge in [-0.3, -0.25) is 9.89 Å². The number of rotatable bonds is 8. The summed E-state index contributed by atoms with van der Waals surface area (Å²) >= 11 is 1.81. The first-order valence-electron chi connectivity index (χ1n) is 10.2. The monoisotopic (exact) mass is 544 g/mol. The molecular formula is C22H33IN4O2S. The van der Waals surface area contributed by atoms with E-state index in [1.165, 1.54) is 10.4 Å². The molecular weight excluding hydrogens is 511 g/mol. The molecule has 6 nitrogen and oxygen atoms in total. The topological polar surface area (TPSA) is 49.3 Å². The molecule has 1 aliphatic heterocycles. The Kier molecular flexibility index (Phi) is 10.9. The van der Waals surface area contributed by atoms with Crippen LogP contribution in [0.4, 0.5) is 0 Å². The van der Waals surface area contributed by atoms with E-state index in [-0.39, 0.29) is 24.0 Å². The number of halogens is 1. The molecule has 3 rings (SSSR count). The van der Waals surface area contributed by atoms with Crippen molar-refractivity contribution in [2.45, 2.75) is 19.5 Å². The SMILES string of the molecule is CCOc1ccc(CN(C)C(=NC)NCC(c2cccs2)N2CCOCC2)cc1.I. The first-order valence-corrected chi connectivity index (χ1v) is 11.1. The highest BCUT2D eigenvalue weighted by Gasteiger charge is 2.24. The van der Waals surface area contributed by atoms with Crippen LogP contribution < -0.4 is 10.1 Å². The molecule has 1 aliphatic rings. The van der Waals surface area contributed by atoms with Crippen LogP contribution in [0.3, 0.4) is 0 Å². The Morgan fingerprint density at radius 3 is 2.60 bits per heavy atom. The van der Waals surface area contributed by atoms with E-state index in [0.717, 1.165) is 51.1 Å². The Bertz CT molecular complexity index is 749. The summed E-state index contributed by atoms with van der Waals surface area (Å²) < 4.78 is 11.1. The second kappa shape index (κ2) is 13.1. The highest BCUT2D eigenvalue weighted by molar-refractivity contribution is 14.0. The van der Waals surface area contributed by atoms with Crippen molar-refractivity contribution in [3.63, 3.8) is 0 Å². The number of thiophene rings is 1. The normalized spacial score (nSPS) is 15.9. The summed E-state index contributed by atoms with van der Waals surface area (Å²) in [5.74, 6) is 1.81. The molecule has 1 saturated heterocycles. The maximum absolute atomic E-state index is 5.54. The summed E-state index contributed by atoms with van der Waals surface area (Å²) in [5.41, 5.74) is 1.22. The summed E-state index contributed by atoms with van der Waals surface area (Å²) in [6, 6.07) is 12.9. The van der Waals surface area contributed by atoms with Gasteiger partial charge in [-0.2, -0.15) is 0 Å². The fraction of sp³-hybridized carbons (Fsp3) is 0.500. The van der Waals surface area contributed by atoms with Gasteiger partial charge in [-0.15, -0.1) is 35.3 Å². The molecule has 1 unspecified atom stereocenters. The standard InChI is InChI=1S/C22H32N4O2S.HI/c1-4-28-19-9-7-18(8-10-19)17-25(3)22(23-2)24-16-20(21-6-5-15-29-21)26-11-13-27-14-12-26;/h5-10,15,20H,4,11-14,16-17H2,1-3H3,(H,23,24);1H. The number of hydrogen-bond acceptors (Lipinski definition) is 5. The van der Waals surface area contributed by atoms with Crippen LogP contribution in [0.5, 0.6) is 5.75 Å². The number of guanidine groups is 1. The lowest BCUT2D eigenvalue weighted by Gasteiger charge is -2.35. The Morgan fingerprint density at radius 1 is 1.27 bits per heavy atom. The van der Waals surface area contributed by atoms with Gasteiger partial charge in [0.1, 0.15) is 5.75 Å². The zero-order valence-corrected chi connectivity index (χ0v) is 21.2. The van der Waals surface area contributed by atoms with E-state index in [2.05, 4.69) is 56.8 Å². The van der Waals surface area contributed by atoms with Gasteiger partial charge in [0.2, 0.25) is 0 Å². The quantitative estimate of drug-likeness (QED) is 0.311. The number of nitrogens with zero attached hydrogens (tertiary/aromatic N) is 3. The van der Waals surface area contributed by atoms with Gasteiger partial charge in [0.15, 0.2) is 5.96 Å². The van der Waals surface area contributed by atoms with Crippen LogP contribution in [0.25, 0.3) is 0 Å². The minimum atomic E-state index is 0. The molecule has 0 radical (unpaired) electrons. The zero-order valence-electron chi connectivity index (χ0n) is 18.0. The Labute approximate surface area is 201 Å². The van der Waals surface area contributed by atoms with Crippen LogP contribution in [0.2, 0.25) is 0 Å². The van der Waals surface area contributed by atoms with Crippen LogP contribution in [-0.4, -0.2) is 69.3 Å². The van der Waals surface area contributed by atoms with Gasteiger partial charge in [0.25, 0.3) is 0 Å². The van der Waals surface area contributed by atoms with E-state index in [1.807, 2.05) is 37.4 Å². The average Bonchev–Trinajstić information content (AvgIpc) is 3.28. The molecule has 8 heteroatoms. The van der Waals surface area contributed by atoms with Gasteiger partial charge in [-0.05, 0) is 36.1 Å². The molecule has 0 spiro atoms. The van der Waals surface area contributed by atoms with Gasteiger partial charge in [0.05, 0.1) is 25.9 Å². The number of hydrogen-bond donors (Lipinski definition) is 1. The lowest BCUT2D eigenvalue weighted by Crippen LogP contribution is -2.46. The summed E-state index contributed by atoms with van der Waals surface area (Å²) in [7, 11) is 3.91. The molecule has 2 aromatic rings. The van der Waals surface area contributed by atoms with Gasteiger partial charge in [-0.1, -0.05) is 18.2 Å². The minimum Gasteiger partial charge on any atom is -0.494 e. The zero-order chi connectivity index (χ0) is 20.5. The summed E-state index contributed by atoms with van der Waals surface area (Å²) in [6.45, 7) is 7.81. The maximum Gasteiger partial charge on any atom is 0.193 e. The van der Waals surface area contributed by atoms with Crippen LogP contribution in [0.1, 0.15) is 23.4 Å². The van der Waals surface area contributed by atoms with Crippen molar-refractivity contribution < 1.29 is 9.47 Å². The van der Waals surface area contributed by atoms with Crippen LogP contribution >= 0.6 is 35.3 Å². The highest BCUT2D eigenvalue weighted by atomic mass is 127. The predicted octanol–water partition coefficient (Wildman–Crippen LogP) is 3.85. The fourth-order valence-electron chi connectivity index (χ4n) is 3.56. The highest BCUT2D eigenvalue weighted by Crippen LogP contribution is 2.25. The summed E-state index contributed by atoms with van der Waals surface area (Å²) in [5, 5.41) is 5.73. The average molecular weight is 545 g/mol. The molecule has 1 aromatic carbocycles. The fourth-order valence-corrected chi connectivity index (χ4v) is 4.42. The molecule has 2 heterocycles. The summed E-state index contributed by atoms with van der Waals surface area (Å²) in [6.07, 6.45) is 0. The van der Waals surface area contributed by atoms with Gasteiger partial charge >= 0.3 is 0 Å². The number of benzene rings is 1. The minimum absolute atomic E-state index is 0. The summed E-state index contributed by atoms with van der Waals surface area (Å²) in [4.78, 5) is 10.5. The third kappa shape index (κ3) is 7.11. The molecule has 1 aromatic heterocycles. The first-order chi connectivity index (χ1) is 14.2. The van der Waals surface area contributed by atoms with Gasteiger partial charge in [0, 0.05) is 45.2 Å². The molecule has 0 amide bonds. The molecule has 0 saturated carbocycles. The first kappa shape index (κ1) is 24.9. The van der Waals surface area contributed by atoms with Crippen molar-refractivity contribution >= 4 is 41.3 Å². The molecule has 0 aliphatic carbocycles. The van der Waals surface area contributed by atoms with Crippen molar-refractivity contribution in [3.8, 4) is 5.75 Å². The smallest absolute Gasteiger partial charge is 0.193 e. The van der Waals surface area contributed by atoms with Gasteiger partial charge < -0.3 is 19.7 Å². The van der Waals surface area contributed by atoms with Crippen molar-refractivity contribution in [1.29, 1.82) is 0 Å². The second-order valence-corrected chi connectivity index (χ2v) is 8.02. The van der Waals surface area contributed by atoms with E-state index >= 15 is 0 Å². The molecule has 166 valence electrons. The third-order valence-corrected chi connectivity index (χ3v) is 6.01. The third-order valence-electron chi connectivity index (χ3n) is 5.04. The van der Waals surface area contributed by atoms with Crippen LogP contribution in [0.15, 0.2) is 46.8 Å². The van der Waals surface area contributed by atoms with Crippen molar-refractivity contribution in [1.82, 2.24) is 15.1 Å². The van der Waals surface area contributed by atoms with E-state index in [0.29, 0.717) is 12.6 Å². The Balaban J connectivity index is 0.00000320. The lowest BCUT2D eigenvalue weighted by atomic mass is 10.2. The number of aliphatic imine (C=N–C) groups is 1. The van der Waals surface area contributed by atoms with Crippen LogP contribution in [0, 0.1) is 0 Å². The molecule has 0 bridgehead atoms. The number of nitrogens with one attached hydrogen (secondary N) is 1. The Morgan fingerprint density at radius 2 is 2.00 bits per heavy atom. The maximum atomic E-state index is 5.54. The predicted molar refractivity (Wildman–Crippen MR) is 135 cm³/mol. The molecule has 30 heavy (non-hydrogen) atoms. The number of morpholine rings is 1. The van der Waals surface area contributed by atoms with Crippen molar-refractivity contribution in [2.24, 2.45) is 4.99 Å². The molecule has 1 N–H and O–H groups in total. The molecule has 1 fully saturated rings. The van der Waals surface area contributed by atoms with E-state index in [9.17, 15) is 0 Å². The van der Waals surface area contributed by atoms with E-state index in [4.69, 9.17) is 9.47 Å². The van der Waals surface area contributed by atoms with Crippen LogP contribution in [-0.2, 0) is 11.3 Å². The van der Waals surface area contributed by atoms with E-state index < -0.39 is 0 Å². The molecule has 1 atom stereocenters. The Hall–Kier alpha value is -1.36. The largest absolute Gasteiger partial charge is 0.494 e.